The minimum atomic E-state index is -4.43. The van der Waals surface area contributed by atoms with Crippen LogP contribution in [0.2, 0.25) is 0 Å². The van der Waals surface area contributed by atoms with E-state index in [1.165, 1.54) is 12.1 Å². The van der Waals surface area contributed by atoms with Crippen molar-refractivity contribution in [2.75, 3.05) is 11.9 Å². The number of hydrogen-bond donors (Lipinski definition) is 2. The average Bonchev–Trinajstić information content (AvgIpc) is 2.74. The van der Waals surface area contributed by atoms with Gasteiger partial charge in [-0.2, -0.15) is 13.2 Å². The molecule has 0 spiro atoms. The van der Waals surface area contributed by atoms with E-state index in [4.69, 9.17) is 0 Å². The second kappa shape index (κ2) is 9.04. The summed E-state index contributed by atoms with van der Waals surface area (Å²) in [6.45, 7) is 3.51. The SMILES string of the molecule is Cc1cccc(C)c1NC(=O)CNC(=O)c1ccccc1-c1ccc(C(F)(F)F)cc1. The van der Waals surface area contributed by atoms with E-state index in [0.29, 0.717) is 16.8 Å². The minimum absolute atomic E-state index is 0.242. The minimum Gasteiger partial charge on any atom is -0.343 e. The van der Waals surface area contributed by atoms with Crippen molar-refractivity contribution < 1.29 is 22.8 Å². The van der Waals surface area contributed by atoms with Gasteiger partial charge in [0.05, 0.1) is 12.1 Å². The van der Waals surface area contributed by atoms with Crippen molar-refractivity contribution in [3.63, 3.8) is 0 Å². The number of carbonyl (C=O) groups excluding carboxylic acids is 2. The van der Waals surface area contributed by atoms with Crippen LogP contribution in [0.25, 0.3) is 11.1 Å². The average molecular weight is 426 g/mol. The molecule has 3 aromatic carbocycles. The smallest absolute Gasteiger partial charge is 0.343 e. The van der Waals surface area contributed by atoms with Crippen molar-refractivity contribution >= 4 is 17.5 Å². The predicted molar refractivity (Wildman–Crippen MR) is 114 cm³/mol. The molecule has 2 N–H and O–H groups in total. The second-order valence-corrected chi connectivity index (χ2v) is 7.12. The molecule has 0 fully saturated rings. The Morgan fingerprint density at radius 1 is 0.839 bits per heavy atom. The summed E-state index contributed by atoms with van der Waals surface area (Å²) < 4.78 is 38.4. The molecule has 3 rings (SSSR count). The third kappa shape index (κ3) is 5.31. The molecular weight excluding hydrogens is 405 g/mol. The first kappa shape index (κ1) is 22.1. The van der Waals surface area contributed by atoms with Crippen molar-refractivity contribution in [3.05, 3.63) is 89.0 Å². The topological polar surface area (TPSA) is 58.2 Å². The maximum atomic E-state index is 12.8. The third-order valence-electron chi connectivity index (χ3n) is 4.85. The first-order valence-corrected chi connectivity index (χ1v) is 9.58. The zero-order valence-corrected chi connectivity index (χ0v) is 17.0. The fraction of sp³-hybridized carbons (Fsp3) is 0.167. The lowest BCUT2D eigenvalue weighted by atomic mass is 9.98. The standard InChI is InChI=1S/C24H21F3N2O2/c1-15-6-5-7-16(2)22(15)29-21(30)14-28-23(31)20-9-4-3-8-19(20)17-10-12-18(13-11-17)24(25,26)27/h3-13H,14H2,1-2H3,(H,28,31)(H,29,30). The van der Waals surface area contributed by atoms with Crippen LogP contribution in [0.3, 0.4) is 0 Å². The van der Waals surface area contributed by atoms with Crippen LogP contribution in [-0.2, 0) is 11.0 Å². The van der Waals surface area contributed by atoms with Crippen LogP contribution in [-0.4, -0.2) is 18.4 Å². The Labute approximate surface area is 178 Å². The quantitative estimate of drug-likeness (QED) is 0.577. The number of carbonyl (C=O) groups is 2. The molecule has 2 amide bonds. The molecule has 0 bridgehead atoms. The number of alkyl halides is 3. The van der Waals surface area contributed by atoms with Crippen LogP contribution < -0.4 is 10.6 Å². The maximum absolute atomic E-state index is 12.8. The summed E-state index contributed by atoms with van der Waals surface area (Å²) in [5, 5.41) is 5.36. The molecule has 0 unspecified atom stereocenters. The molecule has 0 aliphatic heterocycles. The van der Waals surface area contributed by atoms with Crippen LogP contribution in [0.15, 0.2) is 66.7 Å². The number of para-hydroxylation sites is 1. The van der Waals surface area contributed by atoms with Crippen molar-refractivity contribution in [3.8, 4) is 11.1 Å². The number of anilines is 1. The van der Waals surface area contributed by atoms with Crippen LogP contribution in [0, 0.1) is 13.8 Å². The molecule has 0 saturated heterocycles. The number of amides is 2. The highest BCUT2D eigenvalue weighted by molar-refractivity contribution is 6.03. The van der Waals surface area contributed by atoms with E-state index in [0.717, 1.165) is 23.3 Å². The van der Waals surface area contributed by atoms with E-state index in [9.17, 15) is 22.8 Å². The highest BCUT2D eigenvalue weighted by Crippen LogP contribution is 2.31. The number of benzene rings is 3. The molecule has 0 aliphatic carbocycles. The van der Waals surface area contributed by atoms with Gasteiger partial charge in [0, 0.05) is 11.3 Å². The molecule has 3 aromatic rings. The van der Waals surface area contributed by atoms with E-state index in [2.05, 4.69) is 10.6 Å². The molecule has 0 aliphatic rings. The molecule has 0 atom stereocenters. The largest absolute Gasteiger partial charge is 0.416 e. The number of hydrogen-bond acceptors (Lipinski definition) is 2. The Balaban J connectivity index is 1.72. The van der Waals surface area contributed by atoms with Gasteiger partial charge in [-0.15, -0.1) is 0 Å². The summed E-state index contributed by atoms with van der Waals surface area (Å²) in [6, 6.07) is 16.8. The number of aryl methyl sites for hydroxylation is 2. The first-order chi connectivity index (χ1) is 14.7. The Bertz CT molecular complexity index is 1090. The Hall–Kier alpha value is -3.61. The first-order valence-electron chi connectivity index (χ1n) is 9.58. The Kier molecular flexibility index (Phi) is 6.44. The van der Waals surface area contributed by atoms with Crippen molar-refractivity contribution in [2.24, 2.45) is 0 Å². The van der Waals surface area contributed by atoms with Gasteiger partial charge in [0.15, 0.2) is 0 Å². The Morgan fingerprint density at radius 3 is 2.06 bits per heavy atom. The fourth-order valence-corrected chi connectivity index (χ4v) is 3.22. The maximum Gasteiger partial charge on any atom is 0.416 e. The number of rotatable bonds is 5. The molecule has 7 heteroatoms. The molecule has 0 aromatic heterocycles. The van der Waals surface area contributed by atoms with Crippen molar-refractivity contribution in [2.45, 2.75) is 20.0 Å². The monoisotopic (exact) mass is 426 g/mol. The van der Waals surface area contributed by atoms with E-state index >= 15 is 0 Å². The molecule has 0 saturated carbocycles. The van der Waals surface area contributed by atoms with E-state index in [-0.39, 0.29) is 18.0 Å². The normalized spacial score (nSPS) is 11.1. The summed E-state index contributed by atoms with van der Waals surface area (Å²) in [6.07, 6.45) is -4.43. The zero-order valence-electron chi connectivity index (χ0n) is 17.0. The molecule has 160 valence electrons. The lowest BCUT2D eigenvalue weighted by molar-refractivity contribution is -0.137. The summed E-state index contributed by atoms with van der Waals surface area (Å²) in [5.74, 6) is -0.870. The van der Waals surface area contributed by atoms with Gasteiger partial charge in [-0.05, 0) is 54.3 Å². The molecule has 4 nitrogen and oxygen atoms in total. The summed E-state index contributed by atoms with van der Waals surface area (Å²) in [7, 11) is 0. The second-order valence-electron chi connectivity index (χ2n) is 7.12. The molecule has 31 heavy (non-hydrogen) atoms. The van der Waals surface area contributed by atoms with Gasteiger partial charge in [0.2, 0.25) is 5.91 Å². The fourth-order valence-electron chi connectivity index (χ4n) is 3.22. The van der Waals surface area contributed by atoms with E-state index in [1.54, 1.807) is 24.3 Å². The predicted octanol–water partition coefficient (Wildman–Crippen LogP) is 5.36. The van der Waals surface area contributed by atoms with Crippen LogP contribution in [0.4, 0.5) is 18.9 Å². The summed E-state index contributed by atoms with van der Waals surface area (Å²) in [4.78, 5) is 25.0. The Morgan fingerprint density at radius 2 is 1.45 bits per heavy atom. The third-order valence-corrected chi connectivity index (χ3v) is 4.85. The van der Waals surface area contributed by atoms with Gasteiger partial charge in [-0.1, -0.05) is 48.5 Å². The summed E-state index contributed by atoms with van der Waals surface area (Å²) >= 11 is 0. The lowest BCUT2D eigenvalue weighted by Gasteiger charge is -2.13. The molecule has 0 heterocycles. The van der Waals surface area contributed by atoms with Crippen LogP contribution in [0.5, 0.6) is 0 Å². The van der Waals surface area contributed by atoms with Gasteiger partial charge in [0.25, 0.3) is 5.91 Å². The molecular formula is C24H21F3N2O2. The van der Waals surface area contributed by atoms with Crippen LogP contribution in [0.1, 0.15) is 27.0 Å². The highest BCUT2D eigenvalue weighted by Gasteiger charge is 2.30. The van der Waals surface area contributed by atoms with Gasteiger partial charge in [-0.3, -0.25) is 9.59 Å². The van der Waals surface area contributed by atoms with Crippen molar-refractivity contribution in [1.29, 1.82) is 0 Å². The highest BCUT2D eigenvalue weighted by atomic mass is 19.4. The number of halogens is 3. The zero-order chi connectivity index (χ0) is 22.6. The van der Waals surface area contributed by atoms with E-state index < -0.39 is 17.6 Å². The van der Waals surface area contributed by atoms with Gasteiger partial charge in [0.1, 0.15) is 0 Å². The van der Waals surface area contributed by atoms with Crippen LogP contribution >= 0.6 is 0 Å². The van der Waals surface area contributed by atoms with E-state index in [1.807, 2.05) is 32.0 Å². The summed E-state index contributed by atoms with van der Waals surface area (Å²) in [5.41, 5.74) is 2.97. The van der Waals surface area contributed by atoms with Gasteiger partial charge < -0.3 is 10.6 Å². The van der Waals surface area contributed by atoms with Gasteiger partial charge >= 0.3 is 6.18 Å². The lowest BCUT2D eigenvalue weighted by Crippen LogP contribution is -2.33. The van der Waals surface area contributed by atoms with Gasteiger partial charge in [-0.25, -0.2) is 0 Å². The van der Waals surface area contributed by atoms with Crippen molar-refractivity contribution in [1.82, 2.24) is 5.32 Å². The number of nitrogens with one attached hydrogen (secondary N) is 2. The molecule has 0 radical (unpaired) electrons.